The van der Waals surface area contributed by atoms with Crippen LogP contribution < -0.4 is 0 Å². The predicted molar refractivity (Wildman–Crippen MR) is 151 cm³/mol. The first-order valence-corrected chi connectivity index (χ1v) is 14.3. The van der Waals surface area contributed by atoms with Gasteiger partial charge in [-0.05, 0) is 43.5 Å². The zero-order valence-electron chi connectivity index (χ0n) is 22.6. The van der Waals surface area contributed by atoms with Crippen LogP contribution in [-0.4, -0.2) is 22.9 Å². The van der Waals surface area contributed by atoms with E-state index in [-0.39, 0.29) is 17.8 Å². The summed E-state index contributed by atoms with van der Waals surface area (Å²) in [5.74, 6) is -0.213. The molecule has 0 aliphatic heterocycles. The number of aliphatic imine (C=N–C) groups is 1. The van der Waals surface area contributed by atoms with E-state index in [0.29, 0.717) is 11.4 Å². The van der Waals surface area contributed by atoms with Crippen LogP contribution in [-0.2, 0) is 9.53 Å². The van der Waals surface area contributed by atoms with Crippen LogP contribution in [0.1, 0.15) is 116 Å². The second kappa shape index (κ2) is 18.6. The zero-order chi connectivity index (χ0) is 25.8. The molecular weight excluding hydrogens is 446 g/mol. The van der Waals surface area contributed by atoms with E-state index >= 15 is 0 Å². The number of carbonyl (C=O) groups excluding carboxylic acids is 1. The van der Waals surface area contributed by atoms with Crippen LogP contribution in [0, 0.1) is 0 Å². The van der Waals surface area contributed by atoms with Gasteiger partial charge in [-0.25, -0.2) is 9.79 Å². The van der Waals surface area contributed by atoms with E-state index in [1.54, 1.807) is 24.3 Å². The lowest BCUT2D eigenvalue weighted by molar-refractivity contribution is -0.141. The van der Waals surface area contributed by atoms with Gasteiger partial charge in [0.25, 0.3) is 0 Å². The topological polar surface area (TPSA) is 58.9 Å². The molecule has 4 heteroatoms. The van der Waals surface area contributed by atoms with Crippen molar-refractivity contribution in [2.75, 3.05) is 0 Å². The van der Waals surface area contributed by atoms with Crippen LogP contribution in [0.4, 0.5) is 5.69 Å². The number of nitrogens with zero attached hydrogens (tertiary/aromatic N) is 1. The molecule has 0 heterocycles. The third-order valence-corrected chi connectivity index (χ3v) is 6.60. The minimum atomic E-state index is -0.383. The predicted octanol–water partition coefficient (Wildman–Crippen LogP) is 9.32. The van der Waals surface area contributed by atoms with Crippen molar-refractivity contribution in [2.24, 2.45) is 4.99 Å². The minimum Gasteiger partial charge on any atom is -0.508 e. The third-order valence-electron chi connectivity index (χ3n) is 6.60. The van der Waals surface area contributed by atoms with E-state index in [1.807, 2.05) is 30.3 Å². The molecule has 1 unspecified atom stereocenters. The molecule has 0 amide bonds. The largest absolute Gasteiger partial charge is 0.508 e. The van der Waals surface area contributed by atoms with Gasteiger partial charge < -0.3 is 9.84 Å². The Hall–Kier alpha value is -2.62. The SMILES string of the molecule is CCCCCCCCCCCCCCC(CCC)OC(=O)C(=Nc1ccc(O)cc1)c1ccccc1. The minimum absolute atomic E-state index is 0.0839. The summed E-state index contributed by atoms with van der Waals surface area (Å²) in [4.78, 5) is 17.8. The Kier molecular flexibility index (Phi) is 15.3. The fourth-order valence-corrected chi connectivity index (χ4v) is 4.48. The molecule has 198 valence electrons. The molecule has 1 N–H and O–H groups in total. The van der Waals surface area contributed by atoms with E-state index in [0.717, 1.165) is 31.2 Å². The van der Waals surface area contributed by atoms with Gasteiger partial charge in [-0.15, -0.1) is 0 Å². The second-order valence-electron chi connectivity index (χ2n) is 9.84. The maximum Gasteiger partial charge on any atom is 0.357 e. The molecular formula is C32H47NO3. The number of aromatic hydroxyl groups is 1. The highest BCUT2D eigenvalue weighted by Crippen LogP contribution is 2.20. The highest BCUT2D eigenvalue weighted by Gasteiger charge is 2.20. The first-order valence-electron chi connectivity index (χ1n) is 14.3. The van der Waals surface area contributed by atoms with Crippen LogP contribution >= 0.6 is 0 Å². The number of hydrogen-bond donors (Lipinski definition) is 1. The average molecular weight is 494 g/mol. The number of rotatable bonds is 19. The van der Waals surface area contributed by atoms with Crippen molar-refractivity contribution in [3.8, 4) is 5.75 Å². The lowest BCUT2D eigenvalue weighted by Gasteiger charge is -2.18. The number of hydrogen-bond acceptors (Lipinski definition) is 4. The summed E-state index contributed by atoms with van der Waals surface area (Å²) in [6.07, 6.45) is 18.5. The van der Waals surface area contributed by atoms with Gasteiger partial charge in [0.05, 0.1) is 5.69 Å². The highest BCUT2D eigenvalue weighted by molar-refractivity contribution is 6.43. The molecule has 1 atom stereocenters. The highest BCUT2D eigenvalue weighted by atomic mass is 16.5. The number of unbranched alkanes of at least 4 members (excludes halogenated alkanes) is 11. The summed E-state index contributed by atoms with van der Waals surface area (Å²) >= 11 is 0. The second-order valence-corrected chi connectivity index (χ2v) is 9.84. The lowest BCUT2D eigenvalue weighted by atomic mass is 10.0. The first-order chi connectivity index (χ1) is 17.6. The van der Waals surface area contributed by atoms with Crippen molar-refractivity contribution in [3.05, 3.63) is 60.2 Å². The van der Waals surface area contributed by atoms with Crippen LogP contribution in [0.5, 0.6) is 5.75 Å². The molecule has 0 fully saturated rings. The van der Waals surface area contributed by atoms with Crippen LogP contribution in [0.25, 0.3) is 0 Å². The Labute approximate surface area is 219 Å². The third kappa shape index (κ3) is 12.4. The van der Waals surface area contributed by atoms with E-state index in [1.165, 1.54) is 70.6 Å². The molecule has 0 aliphatic rings. The molecule has 0 radical (unpaired) electrons. The van der Waals surface area contributed by atoms with Crippen LogP contribution in [0.2, 0.25) is 0 Å². The van der Waals surface area contributed by atoms with E-state index in [2.05, 4.69) is 18.8 Å². The van der Waals surface area contributed by atoms with E-state index < -0.39 is 0 Å². The molecule has 0 aromatic heterocycles. The standard InChI is InChI=1S/C32H47NO3/c1-3-5-6-7-8-9-10-11-12-13-14-18-22-30(19-4-2)36-32(35)31(27-20-16-15-17-21-27)33-28-23-25-29(34)26-24-28/h15-17,20-21,23-26,30,34H,3-14,18-19,22H2,1-2H3. The number of esters is 1. The molecule has 0 saturated heterocycles. The van der Waals surface area contributed by atoms with E-state index in [4.69, 9.17) is 4.74 Å². The molecule has 2 rings (SSSR count). The zero-order valence-corrected chi connectivity index (χ0v) is 22.6. The monoisotopic (exact) mass is 493 g/mol. The van der Waals surface area contributed by atoms with Crippen LogP contribution in [0.15, 0.2) is 59.6 Å². The van der Waals surface area contributed by atoms with Gasteiger partial charge in [0.2, 0.25) is 0 Å². The lowest BCUT2D eigenvalue weighted by Crippen LogP contribution is -2.25. The molecule has 2 aromatic rings. The molecule has 0 spiro atoms. The summed E-state index contributed by atoms with van der Waals surface area (Å²) in [6.45, 7) is 4.40. The van der Waals surface area contributed by atoms with Gasteiger partial charge in [0, 0.05) is 5.56 Å². The van der Waals surface area contributed by atoms with Crippen molar-refractivity contribution < 1.29 is 14.6 Å². The van der Waals surface area contributed by atoms with Crippen molar-refractivity contribution >= 4 is 17.4 Å². The summed E-state index contributed by atoms with van der Waals surface area (Å²) in [5, 5.41) is 9.57. The van der Waals surface area contributed by atoms with Crippen LogP contribution in [0.3, 0.4) is 0 Å². The Bertz CT molecular complexity index is 861. The van der Waals surface area contributed by atoms with Gasteiger partial charge in [0.15, 0.2) is 5.71 Å². The van der Waals surface area contributed by atoms with Gasteiger partial charge in [-0.2, -0.15) is 0 Å². The Morgan fingerprint density at radius 1 is 0.722 bits per heavy atom. The van der Waals surface area contributed by atoms with Gasteiger partial charge in [0.1, 0.15) is 11.9 Å². The molecule has 4 nitrogen and oxygen atoms in total. The maximum absolute atomic E-state index is 13.2. The van der Waals surface area contributed by atoms with Gasteiger partial charge in [-0.3, -0.25) is 0 Å². The average Bonchev–Trinajstić information content (AvgIpc) is 2.89. The summed E-state index contributed by atoms with van der Waals surface area (Å²) in [5.41, 5.74) is 1.64. The number of benzene rings is 2. The van der Waals surface area contributed by atoms with E-state index in [9.17, 15) is 9.90 Å². The first kappa shape index (κ1) is 29.6. The van der Waals surface area contributed by atoms with Crippen molar-refractivity contribution in [3.63, 3.8) is 0 Å². The molecule has 0 bridgehead atoms. The summed E-state index contributed by atoms with van der Waals surface area (Å²) in [6, 6.07) is 16.0. The Morgan fingerprint density at radius 2 is 1.28 bits per heavy atom. The number of ether oxygens (including phenoxy) is 1. The molecule has 2 aromatic carbocycles. The number of phenolic OH excluding ortho intramolecular Hbond substituents is 1. The smallest absolute Gasteiger partial charge is 0.357 e. The van der Waals surface area contributed by atoms with Gasteiger partial charge >= 0.3 is 5.97 Å². The van der Waals surface area contributed by atoms with Crippen molar-refractivity contribution in [1.82, 2.24) is 0 Å². The number of phenols is 1. The maximum atomic E-state index is 13.2. The summed E-state index contributed by atoms with van der Waals surface area (Å²) < 4.78 is 5.98. The fourth-order valence-electron chi connectivity index (χ4n) is 4.48. The molecule has 36 heavy (non-hydrogen) atoms. The fraction of sp³-hybridized carbons (Fsp3) is 0.562. The molecule has 0 aliphatic carbocycles. The number of carbonyl (C=O) groups is 1. The normalized spacial score (nSPS) is 12.4. The van der Waals surface area contributed by atoms with Crippen molar-refractivity contribution in [1.29, 1.82) is 0 Å². The Balaban J connectivity index is 1.80. The Morgan fingerprint density at radius 3 is 1.83 bits per heavy atom. The molecule has 0 saturated carbocycles. The van der Waals surface area contributed by atoms with Crippen molar-refractivity contribution in [2.45, 2.75) is 116 Å². The van der Waals surface area contributed by atoms with Gasteiger partial charge in [-0.1, -0.05) is 121 Å². The summed E-state index contributed by atoms with van der Waals surface area (Å²) in [7, 11) is 0. The quantitative estimate of drug-likeness (QED) is 0.120.